The molecule has 28 heavy (non-hydrogen) atoms. The standard InChI is InChI=1S/C19H23N5O4/c20-11-14-15-7-4-10-23(15)19(28)24(17(14)26)12-16(25)22-18(27)21-9-8-13-5-2-1-3-6-13/h5H,1-4,6-10,12H2,(H2,21,22,25,27). The number of carbonyl (C=O) groups is 2. The van der Waals surface area contributed by atoms with Crippen molar-refractivity contribution in [1.82, 2.24) is 19.8 Å². The van der Waals surface area contributed by atoms with Crippen LogP contribution in [-0.2, 0) is 24.3 Å². The van der Waals surface area contributed by atoms with Crippen molar-refractivity contribution in [3.05, 3.63) is 43.7 Å². The molecule has 0 spiro atoms. The van der Waals surface area contributed by atoms with Crippen molar-refractivity contribution in [3.8, 4) is 6.07 Å². The molecule has 3 rings (SSSR count). The summed E-state index contributed by atoms with van der Waals surface area (Å²) in [5, 5.41) is 14.0. The Morgan fingerprint density at radius 2 is 2.00 bits per heavy atom. The summed E-state index contributed by atoms with van der Waals surface area (Å²) in [7, 11) is 0. The Bertz CT molecular complexity index is 980. The minimum Gasteiger partial charge on any atom is -0.337 e. The Labute approximate surface area is 161 Å². The van der Waals surface area contributed by atoms with Crippen LogP contribution in [-0.4, -0.2) is 27.6 Å². The van der Waals surface area contributed by atoms with Gasteiger partial charge in [-0.1, -0.05) is 11.6 Å². The van der Waals surface area contributed by atoms with Crippen LogP contribution in [0.15, 0.2) is 21.2 Å². The van der Waals surface area contributed by atoms with Gasteiger partial charge in [0.1, 0.15) is 18.2 Å². The molecular formula is C19H23N5O4. The monoisotopic (exact) mass is 385 g/mol. The average Bonchev–Trinajstić information content (AvgIpc) is 3.16. The fourth-order valence-corrected chi connectivity index (χ4v) is 3.71. The number of nitrogens with one attached hydrogen (secondary N) is 2. The first-order valence-electron chi connectivity index (χ1n) is 9.53. The maximum Gasteiger partial charge on any atom is 0.331 e. The number of allylic oxidation sites excluding steroid dienone is 1. The molecule has 3 amide bonds. The quantitative estimate of drug-likeness (QED) is 0.716. The van der Waals surface area contributed by atoms with E-state index in [9.17, 15) is 24.4 Å². The molecule has 9 nitrogen and oxygen atoms in total. The van der Waals surface area contributed by atoms with E-state index in [0.717, 1.165) is 25.7 Å². The van der Waals surface area contributed by atoms with Gasteiger partial charge in [0.05, 0.1) is 0 Å². The molecule has 0 aromatic carbocycles. The van der Waals surface area contributed by atoms with E-state index in [1.165, 1.54) is 16.6 Å². The molecule has 0 bridgehead atoms. The second-order valence-corrected chi connectivity index (χ2v) is 7.02. The Balaban J connectivity index is 1.60. The number of aromatic nitrogens is 2. The molecule has 1 aromatic heterocycles. The van der Waals surface area contributed by atoms with E-state index in [1.54, 1.807) is 0 Å². The second-order valence-electron chi connectivity index (χ2n) is 7.02. The summed E-state index contributed by atoms with van der Waals surface area (Å²) in [4.78, 5) is 48.8. The highest BCUT2D eigenvalue weighted by Gasteiger charge is 2.23. The topological polar surface area (TPSA) is 126 Å². The summed E-state index contributed by atoms with van der Waals surface area (Å²) >= 11 is 0. The van der Waals surface area contributed by atoms with Crippen molar-refractivity contribution in [2.45, 2.75) is 58.0 Å². The van der Waals surface area contributed by atoms with E-state index >= 15 is 0 Å². The highest BCUT2D eigenvalue weighted by Crippen LogP contribution is 2.19. The molecule has 0 saturated heterocycles. The predicted molar refractivity (Wildman–Crippen MR) is 101 cm³/mol. The summed E-state index contributed by atoms with van der Waals surface area (Å²) in [5.41, 5.74) is 0.190. The van der Waals surface area contributed by atoms with Crippen LogP contribution < -0.4 is 21.9 Å². The lowest BCUT2D eigenvalue weighted by molar-refractivity contribution is -0.120. The third kappa shape index (κ3) is 4.22. The average molecular weight is 385 g/mol. The molecule has 1 aromatic rings. The number of fused-ring (bicyclic) bond motifs is 1. The van der Waals surface area contributed by atoms with E-state index in [4.69, 9.17) is 0 Å². The zero-order valence-corrected chi connectivity index (χ0v) is 15.6. The van der Waals surface area contributed by atoms with Gasteiger partial charge in [-0.3, -0.25) is 19.5 Å². The molecule has 0 saturated carbocycles. The molecule has 2 heterocycles. The number of hydrogen-bond donors (Lipinski definition) is 2. The Kier molecular flexibility index (Phi) is 6.09. The Morgan fingerprint density at radius 3 is 2.71 bits per heavy atom. The number of hydrogen-bond acceptors (Lipinski definition) is 5. The van der Waals surface area contributed by atoms with E-state index in [0.29, 0.717) is 36.2 Å². The van der Waals surface area contributed by atoms with Crippen LogP contribution in [0.4, 0.5) is 4.79 Å². The number of amides is 3. The van der Waals surface area contributed by atoms with Crippen molar-refractivity contribution >= 4 is 11.9 Å². The van der Waals surface area contributed by atoms with Crippen LogP contribution in [0.2, 0.25) is 0 Å². The Morgan fingerprint density at radius 1 is 1.18 bits per heavy atom. The maximum absolute atomic E-state index is 12.4. The summed E-state index contributed by atoms with van der Waals surface area (Å²) in [6, 6.07) is 1.16. The van der Waals surface area contributed by atoms with Crippen molar-refractivity contribution < 1.29 is 9.59 Å². The number of carbonyl (C=O) groups excluding carboxylic acids is 2. The van der Waals surface area contributed by atoms with Crippen LogP contribution in [0.5, 0.6) is 0 Å². The van der Waals surface area contributed by atoms with Gasteiger partial charge in [-0.05, 0) is 44.9 Å². The van der Waals surface area contributed by atoms with Crippen molar-refractivity contribution in [2.75, 3.05) is 6.54 Å². The van der Waals surface area contributed by atoms with Gasteiger partial charge in [0.25, 0.3) is 5.56 Å². The summed E-state index contributed by atoms with van der Waals surface area (Å²) in [6.45, 7) is 0.206. The van der Waals surface area contributed by atoms with Crippen LogP contribution >= 0.6 is 0 Å². The third-order valence-corrected chi connectivity index (χ3v) is 5.11. The van der Waals surface area contributed by atoms with Gasteiger partial charge < -0.3 is 5.32 Å². The van der Waals surface area contributed by atoms with Crippen LogP contribution in [0, 0.1) is 11.3 Å². The van der Waals surface area contributed by atoms with Gasteiger partial charge in [0, 0.05) is 18.8 Å². The minimum absolute atomic E-state index is 0.116. The van der Waals surface area contributed by atoms with Crippen molar-refractivity contribution in [2.24, 2.45) is 0 Å². The lowest BCUT2D eigenvalue weighted by Crippen LogP contribution is -2.47. The SMILES string of the molecule is N#Cc1c2n(c(=O)n(CC(=O)NC(=O)NCCC3=CCCCC3)c1=O)CCC2. The lowest BCUT2D eigenvalue weighted by atomic mass is 9.97. The minimum atomic E-state index is -0.791. The molecule has 148 valence electrons. The molecule has 0 atom stereocenters. The summed E-state index contributed by atoms with van der Waals surface area (Å²) in [6.07, 6.45) is 8.53. The molecule has 2 aliphatic rings. The molecule has 0 unspecified atom stereocenters. The van der Waals surface area contributed by atoms with Crippen LogP contribution in [0.25, 0.3) is 0 Å². The van der Waals surface area contributed by atoms with Crippen molar-refractivity contribution in [1.29, 1.82) is 5.26 Å². The molecule has 2 N–H and O–H groups in total. The molecule has 9 heteroatoms. The van der Waals surface area contributed by atoms with Gasteiger partial charge in [-0.25, -0.2) is 14.2 Å². The molecule has 1 aliphatic heterocycles. The van der Waals surface area contributed by atoms with Gasteiger partial charge in [0.2, 0.25) is 5.91 Å². The maximum atomic E-state index is 12.4. The van der Waals surface area contributed by atoms with Crippen molar-refractivity contribution in [3.63, 3.8) is 0 Å². The van der Waals surface area contributed by atoms with E-state index in [2.05, 4.69) is 16.7 Å². The highest BCUT2D eigenvalue weighted by molar-refractivity contribution is 5.94. The number of nitrogens with zero attached hydrogens (tertiary/aromatic N) is 3. The number of rotatable bonds is 5. The normalized spacial score (nSPS) is 15.3. The molecular weight excluding hydrogens is 362 g/mol. The lowest BCUT2D eigenvalue weighted by Gasteiger charge is -2.13. The predicted octanol–water partition coefficient (Wildman–Crippen LogP) is 0.544. The zero-order chi connectivity index (χ0) is 20.1. The van der Waals surface area contributed by atoms with Gasteiger partial charge in [-0.2, -0.15) is 5.26 Å². The fourth-order valence-electron chi connectivity index (χ4n) is 3.71. The first kappa shape index (κ1) is 19.6. The number of nitriles is 1. The second kappa shape index (κ2) is 8.69. The van der Waals surface area contributed by atoms with E-state index in [1.807, 2.05) is 6.07 Å². The highest BCUT2D eigenvalue weighted by atomic mass is 16.2. The van der Waals surface area contributed by atoms with Crippen LogP contribution in [0.1, 0.15) is 49.8 Å². The first-order valence-corrected chi connectivity index (χ1v) is 9.53. The molecule has 1 aliphatic carbocycles. The molecule has 0 radical (unpaired) electrons. The summed E-state index contributed by atoms with van der Waals surface area (Å²) < 4.78 is 2.06. The van der Waals surface area contributed by atoms with E-state index in [-0.39, 0.29) is 5.56 Å². The van der Waals surface area contributed by atoms with Crippen LogP contribution in [0.3, 0.4) is 0 Å². The number of imide groups is 1. The smallest absolute Gasteiger partial charge is 0.331 e. The van der Waals surface area contributed by atoms with Gasteiger partial charge >= 0.3 is 11.7 Å². The summed E-state index contributed by atoms with van der Waals surface area (Å²) in [5.74, 6) is -0.781. The largest absolute Gasteiger partial charge is 0.337 e. The van der Waals surface area contributed by atoms with Gasteiger partial charge in [-0.15, -0.1) is 0 Å². The van der Waals surface area contributed by atoms with Gasteiger partial charge in [0.15, 0.2) is 0 Å². The number of urea groups is 1. The zero-order valence-electron chi connectivity index (χ0n) is 15.6. The fraction of sp³-hybridized carbons (Fsp3) is 0.526. The first-order chi connectivity index (χ1) is 13.5. The Hall–Kier alpha value is -3.15. The molecule has 0 fully saturated rings. The van der Waals surface area contributed by atoms with E-state index < -0.39 is 29.7 Å². The third-order valence-electron chi connectivity index (χ3n) is 5.11.